The van der Waals surface area contributed by atoms with Gasteiger partial charge in [-0.2, -0.15) is 4.98 Å². The Kier molecular flexibility index (Phi) is 4.75. The number of aliphatic hydroxyl groups is 1. The summed E-state index contributed by atoms with van der Waals surface area (Å²) in [6.45, 7) is 3.00. The van der Waals surface area contributed by atoms with Gasteiger partial charge in [-0.1, -0.05) is 6.92 Å². The number of nitrogens with zero attached hydrogens (tertiary/aromatic N) is 2. The molecule has 3 N–H and O–H groups in total. The van der Waals surface area contributed by atoms with Gasteiger partial charge in [-0.25, -0.2) is 4.98 Å². The van der Waals surface area contributed by atoms with Crippen LogP contribution in [0, 0.1) is 0 Å². The SMILES string of the molecule is CCCNc1nccc(NC2CCC(O)CC2)n1. The van der Waals surface area contributed by atoms with Crippen LogP contribution in [0.3, 0.4) is 0 Å². The molecule has 2 rings (SSSR count). The van der Waals surface area contributed by atoms with E-state index in [-0.39, 0.29) is 6.10 Å². The van der Waals surface area contributed by atoms with Crippen molar-refractivity contribution in [2.45, 2.75) is 51.2 Å². The Hall–Kier alpha value is -1.36. The Labute approximate surface area is 108 Å². The van der Waals surface area contributed by atoms with Crippen molar-refractivity contribution in [3.8, 4) is 0 Å². The lowest BCUT2D eigenvalue weighted by molar-refractivity contribution is 0.126. The summed E-state index contributed by atoms with van der Waals surface area (Å²) in [5.74, 6) is 1.54. The van der Waals surface area contributed by atoms with Gasteiger partial charge in [0.25, 0.3) is 0 Å². The highest BCUT2D eigenvalue weighted by Crippen LogP contribution is 2.21. The molecule has 1 heterocycles. The predicted molar refractivity (Wildman–Crippen MR) is 72.7 cm³/mol. The molecule has 1 fully saturated rings. The molecule has 0 spiro atoms. The smallest absolute Gasteiger partial charge is 0.224 e. The minimum atomic E-state index is -0.116. The molecule has 0 aromatic carbocycles. The largest absolute Gasteiger partial charge is 0.393 e. The third-order valence-electron chi connectivity index (χ3n) is 3.24. The van der Waals surface area contributed by atoms with Crippen molar-refractivity contribution in [1.82, 2.24) is 9.97 Å². The lowest BCUT2D eigenvalue weighted by Crippen LogP contribution is -2.28. The van der Waals surface area contributed by atoms with E-state index in [4.69, 9.17) is 0 Å². The molecule has 1 aromatic heterocycles. The lowest BCUT2D eigenvalue weighted by Gasteiger charge is -2.26. The molecule has 0 saturated heterocycles. The number of rotatable bonds is 5. The molecule has 100 valence electrons. The quantitative estimate of drug-likeness (QED) is 0.746. The Morgan fingerprint density at radius 3 is 2.83 bits per heavy atom. The topological polar surface area (TPSA) is 70.1 Å². The Bertz CT molecular complexity index is 364. The van der Waals surface area contributed by atoms with Crippen LogP contribution in [-0.4, -0.2) is 33.8 Å². The average molecular weight is 250 g/mol. The van der Waals surface area contributed by atoms with Crippen LogP contribution in [0.25, 0.3) is 0 Å². The average Bonchev–Trinajstić information content (AvgIpc) is 2.40. The van der Waals surface area contributed by atoms with Gasteiger partial charge < -0.3 is 15.7 Å². The first-order chi connectivity index (χ1) is 8.78. The molecular formula is C13H22N4O. The van der Waals surface area contributed by atoms with Gasteiger partial charge in [-0.05, 0) is 38.2 Å². The molecule has 1 aliphatic rings. The molecule has 0 atom stereocenters. The van der Waals surface area contributed by atoms with Gasteiger partial charge in [0.05, 0.1) is 6.10 Å². The highest BCUT2D eigenvalue weighted by molar-refractivity contribution is 5.40. The second kappa shape index (κ2) is 6.54. The van der Waals surface area contributed by atoms with Crippen LogP contribution < -0.4 is 10.6 Å². The first kappa shape index (κ1) is 13.1. The third kappa shape index (κ3) is 3.84. The molecule has 5 heteroatoms. The van der Waals surface area contributed by atoms with Crippen molar-refractivity contribution in [1.29, 1.82) is 0 Å². The van der Waals surface area contributed by atoms with Crippen LogP contribution in [0.15, 0.2) is 12.3 Å². The maximum Gasteiger partial charge on any atom is 0.224 e. The number of hydrogen-bond acceptors (Lipinski definition) is 5. The van der Waals surface area contributed by atoms with Crippen molar-refractivity contribution < 1.29 is 5.11 Å². The number of nitrogens with one attached hydrogen (secondary N) is 2. The summed E-state index contributed by atoms with van der Waals surface area (Å²) in [7, 11) is 0. The van der Waals surface area contributed by atoms with Crippen molar-refractivity contribution in [3.63, 3.8) is 0 Å². The van der Waals surface area contributed by atoms with Crippen LogP contribution in [0.5, 0.6) is 0 Å². The van der Waals surface area contributed by atoms with Gasteiger partial charge >= 0.3 is 0 Å². The molecule has 0 radical (unpaired) electrons. The molecule has 0 aliphatic heterocycles. The monoisotopic (exact) mass is 250 g/mol. The molecule has 1 aliphatic carbocycles. The fourth-order valence-electron chi connectivity index (χ4n) is 2.19. The molecule has 0 bridgehead atoms. The summed E-state index contributed by atoms with van der Waals surface area (Å²) in [5, 5.41) is 16.1. The van der Waals surface area contributed by atoms with E-state index < -0.39 is 0 Å². The molecule has 5 nitrogen and oxygen atoms in total. The summed E-state index contributed by atoms with van der Waals surface area (Å²) in [6, 6.07) is 2.31. The van der Waals surface area contributed by atoms with Gasteiger partial charge in [0.1, 0.15) is 5.82 Å². The molecule has 1 saturated carbocycles. The van der Waals surface area contributed by atoms with Gasteiger partial charge in [0.2, 0.25) is 5.95 Å². The van der Waals surface area contributed by atoms with Crippen LogP contribution >= 0.6 is 0 Å². The number of aromatic nitrogens is 2. The van der Waals surface area contributed by atoms with E-state index in [2.05, 4.69) is 27.5 Å². The van der Waals surface area contributed by atoms with E-state index in [1.807, 2.05) is 6.07 Å². The zero-order valence-corrected chi connectivity index (χ0v) is 10.9. The number of aliphatic hydroxyl groups excluding tert-OH is 1. The first-order valence-electron chi connectivity index (χ1n) is 6.79. The number of hydrogen-bond donors (Lipinski definition) is 3. The standard InChI is InChI=1S/C13H22N4O/c1-2-8-14-13-15-9-7-12(17-13)16-10-3-5-11(18)6-4-10/h7,9-11,18H,2-6,8H2,1H3,(H2,14,15,16,17). The van der Waals surface area contributed by atoms with Gasteiger partial charge in [-0.3, -0.25) is 0 Å². The van der Waals surface area contributed by atoms with Crippen molar-refractivity contribution in [3.05, 3.63) is 12.3 Å². The van der Waals surface area contributed by atoms with E-state index in [9.17, 15) is 5.11 Å². The minimum Gasteiger partial charge on any atom is -0.393 e. The summed E-state index contributed by atoms with van der Waals surface area (Å²) in [6.07, 6.45) is 6.47. The van der Waals surface area contributed by atoms with Crippen LogP contribution in [0.1, 0.15) is 39.0 Å². The van der Waals surface area contributed by atoms with Crippen LogP contribution in [0.2, 0.25) is 0 Å². The molecule has 0 unspecified atom stereocenters. The summed E-state index contributed by atoms with van der Waals surface area (Å²) in [5.41, 5.74) is 0. The second-order valence-corrected chi connectivity index (χ2v) is 4.84. The molecule has 18 heavy (non-hydrogen) atoms. The fraction of sp³-hybridized carbons (Fsp3) is 0.692. The highest BCUT2D eigenvalue weighted by atomic mass is 16.3. The zero-order valence-electron chi connectivity index (χ0n) is 10.9. The Balaban J connectivity index is 1.88. The Morgan fingerprint density at radius 1 is 1.33 bits per heavy atom. The first-order valence-corrected chi connectivity index (χ1v) is 6.79. The predicted octanol–water partition coefficient (Wildman–Crippen LogP) is 2.01. The van der Waals surface area contributed by atoms with Crippen molar-refractivity contribution in [2.75, 3.05) is 17.2 Å². The van der Waals surface area contributed by atoms with Gasteiger partial charge in [0.15, 0.2) is 0 Å². The summed E-state index contributed by atoms with van der Waals surface area (Å²) in [4.78, 5) is 8.61. The van der Waals surface area contributed by atoms with E-state index in [1.54, 1.807) is 6.20 Å². The van der Waals surface area contributed by atoms with E-state index in [1.165, 1.54) is 0 Å². The van der Waals surface area contributed by atoms with Crippen molar-refractivity contribution in [2.24, 2.45) is 0 Å². The summed E-state index contributed by atoms with van der Waals surface area (Å²) >= 11 is 0. The lowest BCUT2D eigenvalue weighted by atomic mass is 9.93. The van der Waals surface area contributed by atoms with Gasteiger partial charge in [-0.15, -0.1) is 0 Å². The Morgan fingerprint density at radius 2 is 2.11 bits per heavy atom. The maximum atomic E-state index is 9.47. The second-order valence-electron chi connectivity index (χ2n) is 4.84. The fourth-order valence-corrected chi connectivity index (χ4v) is 2.19. The number of anilines is 2. The van der Waals surface area contributed by atoms with E-state index in [0.717, 1.165) is 44.5 Å². The van der Waals surface area contributed by atoms with E-state index >= 15 is 0 Å². The maximum absolute atomic E-state index is 9.47. The summed E-state index contributed by atoms with van der Waals surface area (Å²) < 4.78 is 0. The van der Waals surface area contributed by atoms with E-state index in [0.29, 0.717) is 12.0 Å². The highest BCUT2D eigenvalue weighted by Gasteiger charge is 2.19. The van der Waals surface area contributed by atoms with Gasteiger partial charge in [0, 0.05) is 18.8 Å². The minimum absolute atomic E-state index is 0.116. The van der Waals surface area contributed by atoms with Crippen molar-refractivity contribution >= 4 is 11.8 Å². The molecule has 1 aromatic rings. The molecule has 0 amide bonds. The third-order valence-corrected chi connectivity index (χ3v) is 3.24. The van der Waals surface area contributed by atoms with Crippen LogP contribution in [-0.2, 0) is 0 Å². The normalized spacial score (nSPS) is 23.7. The zero-order chi connectivity index (χ0) is 12.8. The molecular weight excluding hydrogens is 228 g/mol. The van der Waals surface area contributed by atoms with Crippen LogP contribution in [0.4, 0.5) is 11.8 Å².